The van der Waals surface area contributed by atoms with E-state index in [9.17, 15) is 4.79 Å². The summed E-state index contributed by atoms with van der Waals surface area (Å²) in [5, 5.41) is 1.14. The first kappa shape index (κ1) is 10.3. The first-order chi connectivity index (χ1) is 8.38. The lowest BCUT2D eigenvalue weighted by Gasteiger charge is -2.20. The number of carbonyl (C=O) groups is 1. The summed E-state index contributed by atoms with van der Waals surface area (Å²) in [6.07, 6.45) is 4.92. The molecule has 0 unspecified atom stereocenters. The average molecular weight is 226 g/mol. The molecule has 0 aliphatic carbocycles. The Kier molecular flexibility index (Phi) is 2.52. The molecule has 86 valence electrons. The summed E-state index contributed by atoms with van der Waals surface area (Å²) in [4.78, 5) is 17.2. The third-order valence-corrected chi connectivity index (χ3v) is 3.44. The van der Waals surface area contributed by atoms with E-state index in [-0.39, 0.29) is 6.04 Å². The van der Waals surface area contributed by atoms with Crippen molar-refractivity contribution in [2.75, 3.05) is 6.54 Å². The molecule has 3 heteroatoms. The lowest BCUT2D eigenvalue weighted by molar-refractivity contribution is -0.118. The molecule has 1 amide bonds. The Balaban J connectivity index is 2.02. The fourth-order valence-corrected chi connectivity index (χ4v) is 2.57. The van der Waals surface area contributed by atoms with Crippen LogP contribution in [-0.2, 0) is 4.79 Å². The van der Waals surface area contributed by atoms with Gasteiger partial charge in [-0.25, -0.2) is 0 Å². The van der Waals surface area contributed by atoms with Crippen LogP contribution >= 0.6 is 0 Å². The molecule has 0 spiro atoms. The van der Waals surface area contributed by atoms with Gasteiger partial charge >= 0.3 is 0 Å². The van der Waals surface area contributed by atoms with Gasteiger partial charge in [0, 0.05) is 18.1 Å². The number of carbonyl (C=O) groups excluding carboxylic acids is 1. The molecule has 0 radical (unpaired) electrons. The zero-order valence-electron chi connectivity index (χ0n) is 9.54. The third-order valence-electron chi connectivity index (χ3n) is 3.44. The number of benzene rings is 1. The van der Waals surface area contributed by atoms with Crippen LogP contribution in [0.4, 0.5) is 0 Å². The van der Waals surface area contributed by atoms with Crippen molar-refractivity contribution in [1.82, 2.24) is 9.88 Å². The number of fused-ring (bicyclic) bond motifs is 1. The smallest absolute Gasteiger partial charge is 0.210 e. The van der Waals surface area contributed by atoms with E-state index in [0.717, 1.165) is 36.7 Å². The SMILES string of the molecule is O=CN1CCC[C@H]1c1ccc2ncccc2c1. The molecule has 0 bridgehead atoms. The largest absolute Gasteiger partial charge is 0.338 e. The quantitative estimate of drug-likeness (QED) is 0.737. The van der Waals surface area contributed by atoms with Gasteiger partial charge in [0.2, 0.25) is 6.41 Å². The normalized spacial score (nSPS) is 19.8. The van der Waals surface area contributed by atoms with Gasteiger partial charge in [0.25, 0.3) is 0 Å². The molecule has 1 atom stereocenters. The maximum absolute atomic E-state index is 11.0. The van der Waals surface area contributed by atoms with Crippen LogP contribution in [0.15, 0.2) is 36.5 Å². The molecule has 2 heterocycles. The van der Waals surface area contributed by atoms with Crippen LogP contribution in [0.25, 0.3) is 10.9 Å². The molecule has 3 rings (SSSR count). The summed E-state index contributed by atoms with van der Waals surface area (Å²) in [6, 6.07) is 10.5. The van der Waals surface area contributed by atoms with Crippen LogP contribution in [0.3, 0.4) is 0 Å². The predicted molar refractivity (Wildman–Crippen MR) is 66.5 cm³/mol. The maximum atomic E-state index is 11.0. The minimum atomic E-state index is 0.247. The molecular weight excluding hydrogens is 212 g/mol. The zero-order chi connectivity index (χ0) is 11.7. The first-order valence-corrected chi connectivity index (χ1v) is 5.94. The standard InChI is InChI=1S/C14H14N2O/c17-10-16-8-2-4-14(16)12-5-6-13-11(9-12)3-1-7-15-13/h1,3,5-7,9-10,14H,2,4,8H2/t14-/m0/s1. The first-order valence-electron chi connectivity index (χ1n) is 5.94. The lowest BCUT2D eigenvalue weighted by atomic mass is 10.0. The monoisotopic (exact) mass is 226 g/mol. The van der Waals surface area contributed by atoms with Crippen molar-refractivity contribution in [3.63, 3.8) is 0 Å². The summed E-state index contributed by atoms with van der Waals surface area (Å²) >= 11 is 0. The van der Waals surface area contributed by atoms with Crippen LogP contribution < -0.4 is 0 Å². The van der Waals surface area contributed by atoms with Crippen molar-refractivity contribution >= 4 is 17.3 Å². The molecular formula is C14H14N2O. The third kappa shape index (κ3) is 1.78. The number of aromatic nitrogens is 1. The number of amides is 1. The Bertz CT molecular complexity index is 553. The van der Waals surface area contributed by atoms with Crippen molar-refractivity contribution < 1.29 is 4.79 Å². The Labute approximate surface area is 100 Å². The number of hydrogen-bond donors (Lipinski definition) is 0. The Morgan fingerprint density at radius 2 is 2.29 bits per heavy atom. The molecule has 0 saturated carbocycles. The van der Waals surface area contributed by atoms with E-state index in [4.69, 9.17) is 0 Å². The molecule has 1 aliphatic heterocycles. The van der Waals surface area contributed by atoms with E-state index in [1.165, 1.54) is 5.56 Å². The lowest BCUT2D eigenvalue weighted by Crippen LogP contribution is -2.20. The second-order valence-electron chi connectivity index (χ2n) is 4.46. The number of nitrogens with zero attached hydrogens (tertiary/aromatic N) is 2. The summed E-state index contributed by atoms with van der Waals surface area (Å²) in [5.74, 6) is 0. The van der Waals surface area contributed by atoms with Crippen LogP contribution in [0.1, 0.15) is 24.4 Å². The van der Waals surface area contributed by atoms with E-state index in [0.29, 0.717) is 0 Å². The van der Waals surface area contributed by atoms with Crippen molar-refractivity contribution in [3.05, 3.63) is 42.1 Å². The van der Waals surface area contributed by atoms with E-state index in [1.54, 1.807) is 6.20 Å². The fraction of sp³-hybridized carbons (Fsp3) is 0.286. The Morgan fingerprint density at radius 1 is 1.35 bits per heavy atom. The number of rotatable bonds is 2. The molecule has 1 aromatic heterocycles. The Morgan fingerprint density at radius 3 is 3.18 bits per heavy atom. The van der Waals surface area contributed by atoms with Gasteiger partial charge < -0.3 is 4.90 Å². The summed E-state index contributed by atoms with van der Waals surface area (Å²) < 4.78 is 0. The zero-order valence-corrected chi connectivity index (χ0v) is 9.54. The van der Waals surface area contributed by atoms with Crippen molar-refractivity contribution in [2.45, 2.75) is 18.9 Å². The van der Waals surface area contributed by atoms with Gasteiger partial charge in [-0.05, 0) is 36.6 Å². The van der Waals surface area contributed by atoms with Gasteiger partial charge in [-0.15, -0.1) is 0 Å². The van der Waals surface area contributed by atoms with Crippen LogP contribution in [0, 0.1) is 0 Å². The van der Waals surface area contributed by atoms with E-state index in [1.807, 2.05) is 17.0 Å². The fourth-order valence-electron chi connectivity index (χ4n) is 2.57. The highest BCUT2D eigenvalue weighted by atomic mass is 16.1. The predicted octanol–water partition coefficient (Wildman–Crippen LogP) is 2.53. The van der Waals surface area contributed by atoms with E-state index < -0.39 is 0 Å². The van der Waals surface area contributed by atoms with Crippen LogP contribution in [0.2, 0.25) is 0 Å². The second-order valence-corrected chi connectivity index (χ2v) is 4.46. The van der Waals surface area contributed by atoms with Gasteiger partial charge in [-0.1, -0.05) is 12.1 Å². The van der Waals surface area contributed by atoms with Crippen LogP contribution in [0.5, 0.6) is 0 Å². The second kappa shape index (κ2) is 4.17. The molecule has 2 aromatic rings. The Hall–Kier alpha value is -1.90. The van der Waals surface area contributed by atoms with Gasteiger partial charge in [-0.3, -0.25) is 9.78 Å². The van der Waals surface area contributed by atoms with Gasteiger partial charge in [0.05, 0.1) is 11.6 Å². The molecule has 3 nitrogen and oxygen atoms in total. The van der Waals surface area contributed by atoms with Crippen molar-refractivity contribution in [3.8, 4) is 0 Å². The number of likely N-dealkylation sites (tertiary alicyclic amines) is 1. The van der Waals surface area contributed by atoms with Gasteiger partial charge in [0.15, 0.2) is 0 Å². The van der Waals surface area contributed by atoms with Crippen LogP contribution in [-0.4, -0.2) is 22.8 Å². The maximum Gasteiger partial charge on any atom is 0.210 e. The molecule has 0 N–H and O–H groups in total. The van der Waals surface area contributed by atoms with Crippen molar-refractivity contribution in [2.24, 2.45) is 0 Å². The molecule has 1 aromatic carbocycles. The highest BCUT2D eigenvalue weighted by Crippen LogP contribution is 2.31. The van der Waals surface area contributed by atoms with Gasteiger partial charge in [-0.2, -0.15) is 0 Å². The minimum absolute atomic E-state index is 0.247. The average Bonchev–Trinajstić information content (AvgIpc) is 2.86. The summed E-state index contributed by atoms with van der Waals surface area (Å²) in [6.45, 7) is 0.874. The van der Waals surface area contributed by atoms with E-state index >= 15 is 0 Å². The van der Waals surface area contributed by atoms with Crippen molar-refractivity contribution in [1.29, 1.82) is 0 Å². The molecule has 17 heavy (non-hydrogen) atoms. The highest BCUT2D eigenvalue weighted by molar-refractivity contribution is 5.79. The highest BCUT2D eigenvalue weighted by Gasteiger charge is 2.24. The van der Waals surface area contributed by atoms with E-state index in [2.05, 4.69) is 23.2 Å². The summed E-state index contributed by atoms with van der Waals surface area (Å²) in [5.41, 5.74) is 2.22. The van der Waals surface area contributed by atoms with Gasteiger partial charge in [0.1, 0.15) is 0 Å². The number of pyridine rings is 1. The topological polar surface area (TPSA) is 33.2 Å². The molecule has 1 saturated heterocycles. The minimum Gasteiger partial charge on any atom is -0.338 e. The molecule has 1 fully saturated rings. The summed E-state index contributed by atoms with van der Waals surface area (Å²) in [7, 11) is 0. The number of hydrogen-bond acceptors (Lipinski definition) is 2. The molecule has 1 aliphatic rings.